The number of nitrogens with two attached hydrogens (primary N) is 1. The van der Waals surface area contributed by atoms with Crippen LogP contribution in [0.4, 0.5) is 11.6 Å². The molecule has 10 heteroatoms. The molecule has 0 bridgehead atoms. The quantitative estimate of drug-likeness (QED) is 0.393. The van der Waals surface area contributed by atoms with Gasteiger partial charge in [-0.15, -0.1) is 0 Å². The lowest BCUT2D eigenvalue weighted by molar-refractivity contribution is -0.126. The SMILES string of the molecule is CC#CC(=O)N1CCC[C@H]1c1nc(-c2ccc(C(=O)Nc3cc(C)ccn3)c(OC)c2)c2c(N)nccn12. The van der Waals surface area contributed by atoms with Crippen LogP contribution in [-0.2, 0) is 4.79 Å². The summed E-state index contributed by atoms with van der Waals surface area (Å²) < 4.78 is 7.46. The van der Waals surface area contributed by atoms with Gasteiger partial charge < -0.3 is 20.7 Å². The van der Waals surface area contributed by atoms with Gasteiger partial charge in [0, 0.05) is 30.7 Å². The summed E-state index contributed by atoms with van der Waals surface area (Å²) in [6.07, 6.45) is 6.64. The van der Waals surface area contributed by atoms with Crippen LogP contribution in [0.1, 0.15) is 47.6 Å². The minimum atomic E-state index is -0.347. The van der Waals surface area contributed by atoms with E-state index in [1.54, 1.807) is 54.7 Å². The number of fused-ring (bicyclic) bond motifs is 1. The Bertz CT molecular complexity index is 1620. The molecule has 4 aromatic rings. The molecule has 2 amide bonds. The standard InChI is InChI=1S/C28H27N7O3/c1-4-6-23(36)34-13-5-7-20(34)27-33-24(25-26(29)31-12-14-35(25)27)18-8-9-19(21(16-18)38-3)28(37)32-22-15-17(2)10-11-30-22/h8-12,14-16,20H,5,7,13H2,1-3H3,(H2,29,31)(H,30,32,37)/t20-/m0/s1. The van der Waals surface area contributed by atoms with E-state index in [0.29, 0.717) is 52.1 Å². The third-order valence-electron chi connectivity index (χ3n) is 6.53. The molecule has 5 rings (SSSR count). The smallest absolute Gasteiger partial charge is 0.299 e. The second kappa shape index (κ2) is 10.2. The second-order valence-corrected chi connectivity index (χ2v) is 8.97. The van der Waals surface area contributed by atoms with Gasteiger partial charge in [0.25, 0.3) is 11.8 Å². The number of nitrogens with zero attached hydrogens (tertiary/aromatic N) is 5. The molecule has 0 saturated carbocycles. The van der Waals surface area contributed by atoms with Gasteiger partial charge in [0.15, 0.2) is 0 Å². The van der Waals surface area contributed by atoms with E-state index in [1.807, 2.05) is 17.4 Å². The van der Waals surface area contributed by atoms with Gasteiger partial charge in [-0.05, 0) is 62.4 Å². The number of ether oxygens (including phenoxy) is 1. The van der Waals surface area contributed by atoms with Crippen LogP contribution in [0.15, 0.2) is 48.9 Å². The highest BCUT2D eigenvalue weighted by molar-refractivity contribution is 6.06. The molecule has 0 aliphatic carbocycles. The van der Waals surface area contributed by atoms with E-state index in [9.17, 15) is 9.59 Å². The van der Waals surface area contributed by atoms with Gasteiger partial charge in [0.05, 0.1) is 18.7 Å². The van der Waals surface area contributed by atoms with Crippen LogP contribution in [0.2, 0.25) is 0 Å². The number of methoxy groups -OCH3 is 1. The van der Waals surface area contributed by atoms with E-state index in [1.165, 1.54) is 7.11 Å². The molecule has 0 radical (unpaired) electrons. The van der Waals surface area contributed by atoms with E-state index in [-0.39, 0.29) is 17.9 Å². The maximum absolute atomic E-state index is 13.0. The molecule has 0 spiro atoms. The summed E-state index contributed by atoms with van der Waals surface area (Å²) in [5.41, 5.74) is 9.54. The Kier molecular flexibility index (Phi) is 6.66. The first kappa shape index (κ1) is 24.8. The lowest BCUT2D eigenvalue weighted by Gasteiger charge is -2.21. The molecule has 1 atom stereocenters. The van der Waals surface area contributed by atoms with Crippen molar-refractivity contribution in [2.24, 2.45) is 0 Å². The summed E-state index contributed by atoms with van der Waals surface area (Å²) in [6, 6.07) is 8.61. The van der Waals surface area contributed by atoms with Crippen molar-refractivity contribution in [1.82, 2.24) is 24.3 Å². The van der Waals surface area contributed by atoms with Crippen molar-refractivity contribution in [1.29, 1.82) is 0 Å². The van der Waals surface area contributed by atoms with Gasteiger partial charge in [-0.25, -0.2) is 15.0 Å². The molecule has 38 heavy (non-hydrogen) atoms. The number of pyridine rings is 1. The maximum atomic E-state index is 13.0. The number of aryl methyl sites for hydroxylation is 1. The number of carbonyl (C=O) groups is 2. The number of rotatable bonds is 5. The largest absolute Gasteiger partial charge is 0.496 e. The number of imidazole rings is 1. The molecule has 4 heterocycles. The number of hydrogen-bond donors (Lipinski definition) is 2. The van der Waals surface area contributed by atoms with Crippen LogP contribution in [-0.4, -0.2) is 49.7 Å². The van der Waals surface area contributed by atoms with E-state index in [2.05, 4.69) is 27.1 Å². The first-order chi connectivity index (χ1) is 18.4. The number of benzene rings is 1. The zero-order valence-electron chi connectivity index (χ0n) is 21.4. The molecule has 1 fully saturated rings. The highest BCUT2D eigenvalue weighted by atomic mass is 16.5. The molecular formula is C28H27N7O3. The molecule has 1 aliphatic rings. The topological polar surface area (TPSA) is 128 Å². The molecule has 192 valence electrons. The molecule has 1 aromatic carbocycles. The predicted octanol–water partition coefficient (Wildman–Crippen LogP) is 3.63. The highest BCUT2D eigenvalue weighted by Gasteiger charge is 2.33. The highest BCUT2D eigenvalue weighted by Crippen LogP contribution is 2.37. The molecule has 1 saturated heterocycles. The van der Waals surface area contributed by atoms with Crippen LogP contribution < -0.4 is 15.8 Å². The Morgan fingerprint density at radius 3 is 2.79 bits per heavy atom. The maximum Gasteiger partial charge on any atom is 0.299 e. The number of hydrogen-bond acceptors (Lipinski definition) is 7. The van der Waals surface area contributed by atoms with Crippen molar-refractivity contribution >= 4 is 29.0 Å². The lowest BCUT2D eigenvalue weighted by atomic mass is 10.1. The summed E-state index contributed by atoms with van der Waals surface area (Å²) in [5.74, 6) is 6.56. The van der Waals surface area contributed by atoms with Gasteiger partial charge in [-0.1, -0.05) is 12.0 Å². The predicted molar refractivity (Wildman–Crippen MR) is 143 cm³/mol. The van der Waals surface area contributed by atoms with E-state index in [0.717, 1.165) is 18.4 Å². The zero-order valence-corrected chi connectivity index (χ0v) is 21.4. The Morgan fingerprint density at radius 2 is 2.03 bits per heavy atom. The Balaban J connectivity index is 1.56. The minimum Gasteiger partial charge on any atom is -0.496 e. The van der Waals surface area contributed by atoms with Gasteiger partial charge in [-0.3, -0.25) is 14.0 Å². The van der Waals surface area contributed by atoms with Crippen molar-refractivity contribution < 1.29 is 14.3 Å². The summed E-state index contributed by atoms with van der Waals surface area (Å²) >= 11 is 0. The average Bonchev–Trinajstić information content (AvgIpc) is 3.54. The Morgan fingerprint density at radius 1 is 1.18 bits per heavy atom. The first-order valence-corrected chi connectivity index (χ1v) is 12.2. The van der Waals surface area contributed by atoms with Crippen LogP contribution in [0.3, 0.4) is 0 Å². The number of anilines is 2. The number of aromatic nitrogens is 4. The fourth-order valence-corrected chi connectivity index (χ4v) is 4.79. The average molecular weight is 510 g/mol. The lowest BCUT2D eigenvalue weighted by Crippen LogP contribution is -2.30. The summed E-state index contributed by atoms with van der Waals surface area (Å²) in [4.78, 5) is 40.9. The van der Waals surface area contributed by atoms with Crippen molar-refractivity contribution in [3.63, 3.8) is 0 Å². The van der Waals surface area contributed by atoms with E-state index >= 15 is 0 Å². The van der Waals surface area contributed by atoms with Crippen LogP contribution in [0.5, 0.6) is 5.75 Å². The minimum absolute atomic E-state index is 0.226. The third kappa shape index (κ3) is 4.50. The number of nitrogens with one attached hydrogen (secondary N) is 1. The van der Waals surface area contributed by atoms with Crippen LogP contribution >= 0.6 is 0 Å². The summed E-state index contributed by atoms with van der Waals surface area (Å²) in [7, 11) is 1.50. The number of amides is 2. The monoisotopic (exact) mass is 509 g/mol. The van der Waals surface area contributed by atoms with Crippen LogP contribution in [0.25, 0.3) is 16.8 Å². The van der Waals surface area contributed by atoms with E-state index < -0.39 is 0 Å². The Labute approximate surface area is 219 Å². The molecule has 3 aromatic heterocycles. The van der Waals surface area contributed by atoms with Gasteiger partial charge >= 0.3 is 0 Å². The molecule has 0 unspecified atom stereocenters. The molecular weight excluding hydrogens is 482 g/mol. The normalized spacial score (nSPS) is 14.7. The summed E-state index contributed by atoms with van der Waals surface area (Å²) in [6.45, 7) is 4.18. The van der Waals surface area contributed by atoms with E-state index in [4.69, 9.17) is 15.5 Å². The fourth-order valence-electron chi connectivity index (χ4n) is 4.79. The molecule has 1 aliphatic heterocycles. The summed E-state index contributed by atoms with van der Waals surface area (Å²) in [5, 5.41) is 2.81. The van der Waals surface area contributed by atoms with Gasteiger partial charge in [-0.2, -0.15) is 0 Å². The van der Waals surface area contributed by atoms with Gasteiger partial charge in [0.1, 0.15) is 34.4 Å². The van der Waals surface area contributed by atoms with Crippen molar-refractivity contribution in [2.75, 3.05) is 24.7 Å². The second-order valence-electron chi connectivity index (χ2n) is 8.97. The van der Waals surface area contributed by atoms with Crippen molar-refractivity contribution in [3.05, 3.63) is 65.9 Å². The number of carbonyl (C=O) groups excluding carboxylic acids is 2. The molecule has 10 nitrogen and oxygen atoms in total. The molecule has 3 N–H and O–H groups in total. The zero-order chi connectivity index (χ0) is 26.8. The van der Waals surface area contributed by atoms with Crippen molar-refractivity contribution in [2.45, 2.75) is 32.7 Å². The Hall–Kier alpha value is -4.91. The van der Waals surface area contributed by atoms with Crippen molar-refractivity contribution in [3.8, 4) is 28.8 Å². The number of nitrogen functional groups attached to an aromatic ring is 1. The third-order valence-corrected chi connectivity index (χ3v) is 6.53. The van der Waals surface area contributed by atoms with Crippen LogP contribution in [0, 0.1) is 18.8 Å². The fraction of sp³-hybridized carbons (Fsp3) is 0.250. The van der Waals surface area contributed by atoms with Gasteiger partial charge in [0.2, 0.25) is 0 Å². The first-order valence-electron chi connectivity index (χ1n) is 12.2. The number of likely N-dealkylation sites (tertiary alicyclic amines) is 1.